The lowest BCUT2D eigenvalue weighted by molar-refractivity contribution is -0.149. The standard InChI is InChI=1S/C11H22O2/c1-9(2)7-11(12)5-6-13-10(3,4)8-11/h9,12H,5-8H2,1-4H3. The van der Waals surface area contributed by atoms with E-state index >= 15 is 0 Å². The summed E-state index contributed by atoms with van der Waals surface area (Å²) in [5, 5.41) is 10.3. The fourth-order valence-corrected chi connectivity index (χ4v) is 2.38. The summed E-state index contributed by atoms with van der Waals surface area (Å²) in [6.07, 6.45) is 2.44. The third-order valence-electron chi connectivity index (χ3n) is 2.60. The first-order chi connectivity index (χ1) is 5.83. The average Bonchev–Trinajstić information content (AvgIpc) is 1.79. The van der Waals surface area contributed by atoms with Crippen molar-refractivity contribution in [2.24, 2.45) is 5.92 Å². The predicted octanol–water partition coefficient (Wildman–Crippen LogP) is 2.35. The smallest absolute Gasteiger partial charge is 0.0699 e. The highest BCUT2D eigenvalue weighted by Crippen LogP contribution is 2.35. The Labute approximate surface area is 81.3 Å². The zero-order chi connectivity index (χ0) is 10.1. The number of ether oxygens (including phenoxy) is 1. The highest BCUT2D eigenvalue weighted by Gasteiger charge is 2.39. The molecule has 1 atom stereocenters. The Kier molecular flexibility index (Phi) is 3.03. The van der Waals surface area contributed by atoms with Gasteiger partial charge in [-0.2, -0.15) is 0 Å². The molecule has 0 aromatic carbocycles. The van der Waals surface area contributed by atoms with Gasteiger partial charge in [0, 0.05) is 6.42 Å². The lowest BCUT2D eigenvalue weighted by Gasteiger charge is -2.42. The Morgan fingerprint density at radius 3 is 2.46 bits per heavy atom. The van der Waals surface area contributed by atoms with Crippen molar-refractivity contribution < 1.29 is 9.84 Å². The molecule has 1 aliphatic heterocycles. The second kappa shape index (κ2) is 3.58. The summed E-state index contributed by atoms with van der Waals surface area (Å²) in [7, 11) is 0. The molecule has 1 N–H and O–H groups in total. The summed E-state index contributed by atoms with van der Waals surface area (Å²) in [6, 6.07) is 0. The molecule has 0 aliphatic carbocycles. The molecule has 1 unspecified atom stereocenters. The number of aliphatic hydroxyl groups is 1. The van der Waals surface area contributed by atoms with E-state index in [2.05, 4.69) is 27.7 Å². The summed E-state index contributed by atoms with van der Waals surface area (Å²) in [5.41, 5.74) is -0.641. The van der Waals surface area contributed by atoms with Crippen LogP contribution in [-0.2, 0) is 4.74 Å². The van der Waals surface area contributed by atoms with E-state index in [0.29, 0.717) is 12.5 Å². The van der Waals surface area contributed by atoms with Gasteiger partial charge >= 0.3 is 0 Å². The van der Waals surface area contributed by atoms with E-state index in [0.717, 1.165) is 19.3 Å². The van der Waals surface area contributed by atoms with E-state index in [1.807, 2.05) is 0 Å². The van der Waals surface area contributed by atoms with E-state index in [-0.39, 0.29) is 5.60 Å². The fourth-order valence-electron chi connectivity index (χ4n) is 2.38. The number of hydrogen-bond donors (Lipinski definition) is 1. The van der Waals surface area contributed by atoms with Crippen LogP contribution in [0.3, 0.4) is 0 Å². The lowest BCUT2D eigenvalue weighted by Crippen LogP contribution is -2.46. The van der Waals surface area contributed by atoms with E-state index < -0.39 is 5.60 Å². The maximum absolute atomic E-state index is 10.3. The van der Waals surface area contributed by atoms with E-state index in [1.165, 1.54) is 0 Å². The van der Waals surface area contributed by atoms with Crippen molar-refractivity contribution in [1.29, 1.82) is 0 Å². The van der Waals surface area contributed by atoms with Gasteiger partial charge in [0.05, 0.1) is 17.8 Å². The molecule has 0 aromatic rings. The molecule has 0 saturated carbocycles. The van der Waals surface area contributed by atoms with Crippen LogP contribution in [0.25, 0.3) is 0 Å². The Bertz CT molecular complexity index is 175. The molecule has 78 valence electrons. The molecule has 1 aliphatic rings. The molecule has 2 nitrogen and oxygen atoms in total. The van der Waals surface area contributed by atoms with Crippen molar-refractivity contribution in [3.63, 3.8) is 0 Å². The van der Waals surface area contributed by atoms with Crippen molar-refractivity contribution in [2.75, 3.05) is 6.61 Å². The van der Waals surface area contributed by atoms with Crippen molar-refractivity contribution in [3.05, 3.63) is 0 Å². The van der Waals surface area contributed by atoms with Gasteiger partial charge in [-0.05, 0) is 32.6 Å². The van der Waals surface area contributed by atoms with Crippen LogP contribution in [0.4, 0.5) is 0 Å². The topological polar surface area (TPSA) is 29.5 Å². The molecule has 0 radical (unpaired) electrons. The lowest BCUT2D eigenvalue weighted by atomic mass is 9.79. The minimum Gasteiger partial charge on any atom is -0.390 e. The Morgan fingerprint density at radius 2 is 2.00 bits per heavy atom. The second-order valence-corrected chi connectivity index (χ2v) is 5.36. The first-order valence-electron chi connectivity index (χ1n) is 5.19. The summed E-state index contributed by atoms with van der Waals surface area (Å²) in [5.74, 6) is 0.555. The summed E-state index contributed by atoms with van der Waals surface area (Å²) >= 11 is 0. The average molecular weight is 186 g/mol. The zero-order valence-electron chi connectivity index (χ0n) is 9.26. The highest BCUT2D eigenvalue weighted by atomic mass is 16.5. The molecule has 2 heteroatoms. The van der Waals surface area contributed by atoms with Crippen LogP contribution in [0.5, 0.6) is 0 Å². The summed E-state index contributed by atoms with van der Waals surface area (Å²) in [4.78, 5) is 0. The quantitative estimate of drug-likeness (QED) is 0.717. The number of rotatable bonds is 2. The fraction of sp³-hybridized carbons (Fsp3) is 1.00. The Morgan fingerprint density at radius 1 is 1.38 bits per heavy atom. The summed E-state index contributed by atoms with van der Waals surface area (Å²) < 4.78 is 5.58. The van der Waals surface area contributed by atoms with Crippen LogP contribution in [-0.4, -0.2) is 22.9 Å². The molecule has 13 heavy (non-hydrogen) atoms. The number of hydrogen-bond acceptors (Lipinski definition) is 2. The van der Waals surface area contributed by atoms with Gasteiger partial charge in [-0.1, -0.05) is 13.8 Å². The first kappa shape index (κ1) is 11.0. The van der Waals surface area contributed by atoms with Gasteiger partial charge in [0.2, 0.25) is 0 Å². The Balaban J connectivity index is 2.58. The third kappa shape index (κ3) is 3.28. The molecule has 1 fully saturated rings. The normalized spacial score (nSPS) is 33.7. The van der Waals surface area contributed by atoms with Gasteiger partial charge in [0.1, 0.15) is 0 Å². The first-order valence-corrected chi connectivity index (χ1v) is 5.19. The molecular formula is C11H22O2. The maximum Gasteiger partial charge on any atom is 0.0699 e. The predicted molar refractivity (Wildman–Crippen MR) is 53.7 cm³/mol. The van der Waals surface area contributed by atoms with E-state index in [1.54, 1.807) is 0 Å². The van der Waals surface area contributed by atoms with Crippen molar-refractivity contribution >= 4 is 0 Å². The molecule has 1 saturated heterocycles. The molecule has 0 spiro atoms. The van der Waals surface area contributed by atoms with Crippen LogP contribution in [0.1, 0.15) is 47.0 Å². The molecule has 1 heterocycles. The third-order valence-corrected chi connectivity index (χ3v) is 2.60. The van der Waals surface area contributed by atoms with Crippen LogP contribution in [0, 0.1) is 5.92 Å². The van der Waals surface area contributed by atoms with Gasteiger partial charge in [-0.25, -0.2) is 0 Å². The minimum atomic E-state index is -0.490. The zero-order valence-corrected chi connectivity index (χ0v) is 9.26. The van der Waals surface area contributed by atoms with E-state index in [4.69, 9.17) is 4.74 Å². The van der Waals surface area contributed by atoms with Crippen molar-refractivity contribution in [3.8, 4) is 0 Å². The van der Waals surface area contributed by atoms with Crippen LogP contribution >= 0.6 is 0 Å². The van der Waals surface area contributed by atoms with Gasteiger partial charge < -0.3 is 9.84 Å². The molecule has 0 bridgehead atoms. The molecule has 1 rings (SSSR count). The van der Waals surface area contributed by atoms with Gasteiger partial charge in [-0.3, -0.25) is 0 Å². The molecule has 0 amide bonds. The van der Waals surface area contributed by atoms with Crippen molar-refractivity contribution in [1.82, 2.24) is 0 Å². The van der Waals surface area contributed by atoms with Crippen LogP contribution in [0.2, 0.25) is 0 Å². The van der Waals surface area contributed by atoms with Crippen molar-refractivity contribution in [2.45, 2.75) is 58.2 Å². The Hall–Kier alpha value is -0.0800. The molecule has 0 aromatic heterocycles. The monoisotopic (exact) mass is 186 g/mol. The maximum atomic E-state index is 10.3. The highest BCUT2D eigenvalue weighted by molar-refractivity contribution is 4.90. The van der Waals surface area contributed by atoms with E-state index in [9.17, 15) is 5.11 Å². The van der Waals surface area contributed by atoms with Crippen LogP contribution in [0.15, 0.2) is 0 Å². The second-order valence-electron chi connectivity index (χ2n) is 5.36. The van der Waals surface area contributed by atoms with Gasteiger partial charge in [0.15, 0.2) is 0 Å². The SMILES string of the molecule is CC(C)CC1(O)CCOC(C)(C)C1. The minimum absolute atomic E-state index is 0.151. The van der Waals surface area contributed by atoms with Gasteiger partial charge in [-0.15, -0.1) is 0 Å². The molecular weight excluding hydrogens is 164 g/mol. The summed E-state index contributed by atoms with van der Waals surface area (Å²) in [6.45, 7) is 9.10. The van der Waals surface area contributed by atoms with Gasteiger partial charge in [0.25, 0.3) is 0 Å². The largest absolute Gasteiger partial charge is 0.390 e. The van der Waals surface area contributed by atoms with Crippen LogP contribution < -0.4 is 0 Å².